The Morgan fingerprint density at radius 1 is 0.938 bits per heavy atom. The van der Waals surface area contributed by atoms with Gasteiger partial charge in [0.15, 0.2) is 0 Å². The standard InChI is InChI=1S/C23H28N4O5/c1-22(2,3)17-9-15(10-18(12-17)23(4,5)6)14-24-25-21(28)11-16-7-8-19(26(29)30)13-20(16)27(31)32/h7-10,12-14H,11H2,1-6H3,(H,25,28)/b24-14-. The summed E-state index contributed by atoms with van der Waals surface area (Å²) >= 11 is 0. The van der Waals surface area contributed by atoms with Crippen LogP contribution in [0.4, 0.5) is 11.4 Å². The third-order valence-electron chi connectivity index (χ3n) is 4.92. The van der Waals surface area contributed by atoms with E-state index in [0.717, 1.165) is 28.8 Å². The molecular formula is C23H28N4O5. The summed E-state index contributed by atoms with van der Waals surface area (Å²) in [6.45, 7) is 12.7. The van der Waals surface area contributed by atoms with Crippen LogP contribution in [0.5, 0.6) is 0 Å². The number of nitrogens with one attached hydrogen (secondary N) is 1. The van der Waals surface area contributed by atoms with Crippen molar-refractivity contribution in [2.45, 2.75) is 58.8 Å². The molecule has 2 aromatic rings. The smallest absolute Gasteiger partial charge is 0.273 e. The minimum absolute atomic E-state index is 0.0675. The van der Waals surface area contributed by atoms with Gasteiger partial charge < -0.3 is 0 Å². The fraction of sp³-hybridized carbons (Fsp3) is 0.391. The molecule has 9 heteroatoms. The van der Waals surface area contributed by atoms with E-state index in [4.69, 9.17) is 0 Å². The van der Waals surface area contributed by atoms with Gasteiger partial charge in [0.25, 0.3) is 11.4 Å². The summed E-state index contributed by atoms with van der Waals surface area (Å²) in [6.07, 6.45) is 1.20. The van der Waals surface area contributed by atoms with Gasteiger partial charge in [0.2, 0.25) is 5.91 Å². The molecule has 0 atom stereocenters. The summed E-state index contributed by atoms with van der Waals surface area (Å²) in [4.78, 5) is 32.9. The summed E-state index contributed by atoms with van der Waals surface area (Å²) in [6, 6.07) is 9.37. The Bertz CT molecular complexity index is 1050. The average Bonchev–Trinajstić information content (AvgIpc) is 2.66. The molecule has 9 nitrogen and oxygen atoms in total. The van der Waals surface area contributed by atoms with Crippen LogP contribution in [0.3, 0.4) is 0 Å². The molecule has 0 bridgehead atoms. The van der Waals surface area contributed by atoms with Crippen molar-refractivity contribution < 1.29 is 14.6 Å². The van der Waals surface area contributed by atoms with Crippen LogP contribution in [0.2, 0.25) is 0 Å². The fourth-order valence-corrected chi connectivity index (χ4v) is 2.97. The number of hydrazone groups is 1. The highest BCUT2D eigenvalue weighted by molar-refractivity contribution is 5.84. The molecule has 1 N–H and O–H groups in total. The van der Waals surface area contributed by atoms with Crippen LogP contribution in [0.25, 0.3) is 0 Å². The van der Waals surface area contributed by atoms with Crippen LogP contribution >= 0.6 is 0 Å². The van der Waals surface area contributed by atoms with Crippen LogP contribution in [0, 0.1) is 20.2 Å². The number of nitro groups is 2. The van der Waals surface area contributed by atoms with E-state index in [9.17, 15) is 25.0 Å². The van der Waals surface area contributed by atoms with Gasteiger partial charge in [0, 0.05) is 11.6 Å². The molecule has 0 unspecified atom stereocenters. The van der Waals surface area contributed by atoms with Gasteiger partial charge in [-0.25, -0.2) is 5.43 Å². The lowest BCUT2D eigenvalue weighted by Crippen LogP contribution is -2.20. The Morgan fingerprint density at radius 3 is 1.97 bits per heavy atom. The zero-order valence-corrected chi connectivity index (χ0v) is 19.1. The van der Waals surface area contributed by atoms with Gasteiger partial charge in [-0.05, 0) is 45.7 Å². The number of amides is 1. The van der Waals surface area contributed by atoms with Crippen molar-refractivity contribution in [3.05, 3.63) is 78.9 Å². The van der Waals surface area contributed by atoms with Gasteiger partial charge in [-0.2, -0.15) is 5.10 Å². The lowest BCUT2D eigenvalue weighted by Gasteiger charge is -2.25. The maximum atomic E-state index is 12.3. The molecule has 0 spiro atoms. The Morgan fingerprint density at radius 2 is 1.50 bits per heavy atom. The van der Waals surface area contributed by atoms with Crippen molar-refractivity contribution in [2.75, 3.05) is 0 Å². The first-order chi connectivity index (χ1) is 14.7. The van der Waals surface area contributed by atoms with Crippen molar-refractivity contribution in [2.24, 2.45) is 5.10 Å². The lowest BCUT2D eigenvalue weighted by atomic mass is 9.80. The predicted octanol–water partition coefficient (Wildman–Crippen LogP) is 4.79. The van der Waals surface area contributed by atoms with Crippen molar-refractivity contribution in [1.82, 2.24) is 5.43 Å². The lowest BCUT2D eigenvalue weighted by molar-refractivity contribution is -0.394. The van der Waals surface area contributed by atoms with Crippen LogP contribution in [0.15, 0.2) is 41.5 Å². The SMILES string of the molecule is CC(C)(C)c1cc(/C=N\NC(=O)Cc2ccc([N+](=O)[O-])cc2[N+](=O)[O-])cc(C(C)(C)C)c1. The first-order valence-electron chi connectivity index (χ1n) is 10.1. The molecule has 170 valence electrons. The minimum atomic E-state index is -0.745. The van der Waals surface area contributed by atoms with E-state index >= 15 is 0 Å². The van der Waals surface area contributed by atoms with E-state index < -0.39 is 27.1 Å². The second-order valence-corrected chi connectivity index (χ2v) is 9.64. The van der Waals surface area contributed by atoms with Gasteiger partial charge >= 0.3 is 0 Å². The summed E-state index contributed by atoms with van der Waals surface area (Å²) in [5.41, 5.74) is 4.52. The maximum absolute atomic E-state index is 12.3. The molecular weight excluding hydrogens is 412 g/mol. The van der Waals surface area contributed by atoms with Crippen LogP contribution in [-0.2, 0) is 22.0 Å². The number of nitro benzene ring substituents is 2. The van der Waals surface area contributed by atoms with Gasteiger partial charge in [-0.15, -0.1) is 0 Å². The average molecular weight is 441 g/mol. The second kappa shape index (κ2) is 9.25. The van der Waals surface area contributed by atoms with Crippen LogP contribution in [0.1, 0.15) is 63.8 Å². The maximum Gasteiger partial charge on any atom is 0.279 e. The number of hydrogen-bond acceptors (Lipinski definition) is 6. The summed E-state index contributed by atoms with van der Waals surface area (Å²) < 4.78 is 0. The molecule has 0 fully saturated rings. The number of hydrogen-bond donors (Lipinski definition) is 1. The molecule has 0 saturated carbocycles. The van der Waals surface area contributed by atoms with Crippen LogP contribution < -0.4 is 5.43 Å². The normalized spacial score (nSPS) is 12.1. The third kappa shape index (κ3) is 6.44. The molecule has 0 radical (unpaired) electrons. The summed E-state index contributed by atoms with van der Waals surface area (Å²) in [5.74, 6) is -0.568. The van der Waals surface area contributed by atoms with E-state index in [-0.39, 0.29) is 22.8 Å². The minimum Gasteiger partial charge on any atom is -0.273 e. The number of carbonyl (C=O) groups is 1. The third-order valence-corrected chi connectivity index (χ3v) is 4.92. The number of rotatable bonds is 6. The van der Waals surface area contributed by atoms with Gasteiger partial charge in [0.1, 0.15) is 0 Å². The van der Waals surface area contributed by atoms with Gasteiger partial charge in [-0.3, -0.25) is 25.0 Å². The van der Waals surface area contributed by atoms with Gasteiger partial charge in [-0.1, -0.05) is 47.6 Å². The van der Waals surface area contributed by atoms with E-state index in [2.05, 4.69) is 58.1 Å². The molecule has 32 heavy (non-hydrogen) atoms. The molecule has 0 heterocycles. The molecule has 1 amide bonds. The van der Waals surface area contributed by atoms with Gasteiger partial charge in [0.05, 0.1) is 28.5 Å². The largest absolute Gasteiger partial charge is 0.279 e. The topological polar surface area (TPSA) is 128 Å². The van der Waals surface area contributed by atoms with Crippen LogP contribution in [-0.4, -0.2) is 22.0 Å². The second-order valence-electron chi connectivity index (χ2n) is 9.64. The highest BCUT2D eigenvalue weighted by Crippen LogP contribution is 2.30. The van der Waals surface area contributed by atoms with Crippen molar-refractivity contribution in [3.8, 4) is 0 Å². The Kier molecular flexibility index (Phi) is 7.13. The Labute approximate surface area is 186 Å². The zero-order valence-electron chi connectivity index (χ0n) is 19.1. The molecule has 0 aromatic heterocycles. The van der Waals surface area contributed by atoms with E-state index in [1.54, 1.807) is 0 Å². The molecule has 2 rings (SSSR count). The quantitative estimate of drug-likeness (QED) is 0.392. The van der Waals surface area contributed by atoms with E-state index in [1.165, 1.54) is 12.3 Å². The zero-order chi connectivity index (χ0) is 24.3. The fourth-order valence-electron chi connectivity index (χ4n) is 2.97. The first-order valence-corrected chi connectivity index (χ1v) is 10.1. The number of non-ortho nitro benzene ring substituents is 1. The predicted molar refractivity (Wildman–Crippen MR) is 123 cm³/mol. The number of benzene rings is 2. The molecule has 0 aliphatic rings. The van der Waals surface area contributed by atoms with Crippen molar-refractivity contribution in [1.29, 1.82) is 0 Å². The van der Waals surface area contributed by atoms with E-state index in [0.29, 0.717) is 0 Å². The number of carbonyl (C=O) groups excluding carboxylic acids is 1. The number of nitrogens with zero attached hydrogens (tertiary/aromatic N) is 3. The Balaban J connectivity index is 2.21. The van der Waals surface area contributed by atoms with E-state index in [1.807, 2.05) is 12.1 Å². The van der Waals surface area contributed by atoms with Crippen molar-refractivity contribution in [3.63, 3.8) is 0 Å². The highest BCUT2D eigenvalue weighted by Gasteiger charge is 2.22. The molecule has 0 aliphatic carbocycles. The molecule has 0 saturated heterocycles. The first kappa shape index (κ1) is 24.6. The van der Waals surface area contributed by atoms with Crippen molar-refractivity contribution >= 4 is 23.5 Å². The monoisotopic (exact) mass is 440 g/mol. The Hall–Kier alpha value is -3.62. The summed E-state index contributed by atoms with van der Waals surface area (Å²) in [7, 11) is 0. The molecule has 2 aromatic carbocycles. The summed E-state index contributed by atoms with van der Waals surface area (Å²) in [5, 5.41) is 26.1. The molecule has 0 aliphatic heterocycles. The highest BCUT2D eigenvalue weighted by atomic mass is 16.6.